The van der Waals surface area contributed by atoms with Crippen LogP contribution in [0.25, 0.3) is 0 Å². The van der Waals surface area contributed by atoms with E-state index in [0.29, 0.717) is 41.5 Å². The van der Waals surface area contributed by atoms with Gasteiger partial charge in [-0.2, -0.15) is 0 Å². The Kier molecular flexibility index (Phi) is 7.80. The van der Waals surface area contributed by atoms with Crippen molar-refractivity contribution in [1.82, 2.24) is 4.90 Å². The zero-order valence-corrected chi connectivity index (χ0v) is 19.6. The van der Waals surface area contributed by atoms with Gasteiger partial charge in [-0.1, -0.05) is 48.5 Å². The fourth-order valence-corrected chi connectivity index (χ4v) is 4.62. The lowest BCUT2D eigenvalue weighted by Gasteiger charge is -2.27. The molecule has 178 valence electrons. The van der Waals surface area contributed by atoms with Gasteiger partial charge in [0.05, 0.1) is 7.11 Å². The van der Waals surface area contributed by atoms with Crippen LogP contribution in [0, 0.1) is 6.92 Å². The molecule has 0 N–H and O–H groups in total. The van der Waals surface area contributed by atoms with Crippen LogP contribution in [-0.2, 0) is 6.61 Å². The number of hydrogen-bond donors (Lipinski definition) is 0. The molecule has 0 amide bonds. The van der Waals surface area contributed by atoms with Crippen molar-refractivity contribution in [3.05, 3.63) is 89.0 Å². The van der Waals surface area contributed by atoms with Crippen molar-refractivity contribution < 1.29 is 23.4 Å². The molecule has 1 atom stereocenters. The summed E-state index contributed by atoms with van der Waals surface area (Å²) in [7, 11) is 1.59. The molecule has 34 heavy (non-hydrogen) atoms. The summed E-state index contributed by atoms with van der Waals surface area (Å²) in [5.74, 6) is 0.991. The molecule has 1 fully saturated rings. The SMILES string of the molecule is COc1c([C@@H]2CCCN2CCF)cc(OCc2ccccc2)c(C(=O)Oc2ccccc2)c1C. The first-order valence-electron chi connectivity index (χ1n) is 11.6. The minimum absolute atomic E-state index is 0.00247. The van der Waals surface area contributed by atoms with Crippen LogP contribution in [0.3, 0.4) is 0 Å². The summed E-state index contributed by atoms with van der Waals surface area (Å²) in [6.07, 6.45) is 1.87. The van der Waals surface area contributed by atoms with E-state index in [4.69, 9.17) is 14.2 Å². The molecule has 3 aromatic carbocycles. The minimum atomic E-state index is -0.511. The first-order chi connectivity index (χ1) is 16.6. The van der Waals surface area contributed by atoms with Crippen molar-refractivity contribution in [3.8, 4) is 17.2 Å². The Bertz CT molecular complexity index is 1100. The molecule has 0 spiro atoms. The maximum absolute atomic E-state index is 13.3. The molecule has 4 rings (SSSR count). The highest BCUT2D eigenvalue weighted by atomic mass is 19.1. The Morgan fingerprint density at radius 1 is 1.09 bits per heavy atom. The minimum Gasteiger partial charge on any atom is -0.496 e. The number of hydrogen-bond acceptors (Lipinski definition) is 5. The maximum atomic E-state index is 13.3. The molecule has 0 bridgehead atoms. The van der Waals surface area contributed by atoms with Crippen molar-refractivity contribution in [1.29, 1.82) is 0 Å². The van der Waals surface area contributed by atoms with E-state index >= 15 is 0 Å². The number of benzene rings is 3. The smallest absolute Gasteiger partial charge is 0.347 e. The number of carbonyl (C=O) groups excluding carboxylic acids is 1. The lowest BCUT2D eigenvalue weighted by molar-refractivity contribution is 0.0728. The highest BCUT2D eigenvalue weighted by Gasteiger charge is 2.32. The predicted molar refractivity (Wildman–Crippen MR) is 129 cm³/mol. The molecule has 0 saturated carbocycles. The van der Waals surface area contributed by atoms with Crippen LogP contribution in [0.5, 0.6) is 17.2 Å². The van der Waals surface area contributed by atoms with Gasteiger partial charge in [-0.25, -0.2) is 9.18 Å². The number of carbonyl (C=O) groups is 1. The average Bonchev–Trinajstić information content (AvgIpc) is 3.32. The number of alkyl halides is 1. The second-order valence-corrected chi connectivity index (χ2v) is 8.36. The third-order valence-electron chi connectivity index (χ3n) is 6.20. The van der Waals surface area contributed by atoms with Gasteiger partial charge in [0.15, 0.2) is 0 Å². The number of para-hydroxylation sites is 1. The molecule has 5 nitrogen and oxygen atoms in total. The fraction of sp³-hybridized carbons (Fsp3) is 0.321. The second-order valence-electron chi connectivity index (χ2n) is 8.36. The third-order valence-corrected chi connectivity index (χ3v) is 6.20. The molecule has 0 unspecified atom stereocenters. The van der Waals surface area contributed by atoms with Gasteiger partial charge in [0, 0.05) is 23.7 Å². The number of methoxy groups -OCH3 is 1. The van der Waals surface area contributed by atoms with Crippen molar-refractivity contribution >= 4 is 5.97 Å². The molecule has 0 radical (unpaired) electrons. The molecular formula is C28H30FNO4. The Labute approximate surface area is 200 Å². The lowest BCUT2D eigenvalue weighted by atomic mass is 9.95. The quantitative estimate of drug-likeness (QED) is 0.292. The van der Waals surface area contributed by atoms with Gasteiger partial charge >= 0.3 is 5.97 Å². The highest BCUT2D eigenvalue weighted by molar-refractivity contribution is 5.96. The van der Waals surface area contributed by atoms with Crippen LogP contribution in [0.1, 0.15) is 45.9 Å². The second kappa shape index (κ2) is 11.2. The van der Waals surface area contributed by atoms with Gasteiger partial charge in [0.2, 0.25) is 0 Å². The van der Waals surface area contributed by atoms with Crippen LogP contribution >= 0.6 is 0 Å². The van der Waals surface area contributed by atoms with Gasteiger partial charge < -0.3 is 14.2 Å². The molecular weight excluding hydrogens is 433 g/mol. The Morgan fingerprint density at radius 3 is 2.47 bits per heavy atom. The van der Waals surface area contributed by atoms with Crippen molar-refractivity contribution in [2.45, 2.75) is 32.4 Å². The summed E-state index contributed by atoms with van der Waals surface area (Å²) < 4.78 is 30.9. The van der Waals surface area contributed by atoms with Gasteiger partial charge in [-0.3, -0.25) is 4.90 Å². The zero-order chi connectivity index (χ0) is 23.9. The summed E-state index contributed by atoms with van der Waals surface area (Å²) in [4.78, 5) is 15.4. The fourth-order valence-electron chi connectivity index (χ4n) is 4.62. The molecule has 0 aromatic heterocycles. The van der Waals surface area contributed by atoms with E-state index in [1.165, 1.54) is 0 Å². The molecule has 1 aliphatic heterocycles. The van der Waals surface area contributed by atoms with E-state index in [-0.39, 0.29) is 6.04 Å². The number of ether oxygens (including phenoxy) is 3. The highest BCUT2D eigenvalue weighted by Crippen LogP contribution is 2.43. The molecule has 3 aromatic rings. The Balaban J connectivity index is 1.75. The number of halogens is 1. The molecule has 0 aliphatic carbocycles. The summed E-state index contributed by atoms with van der Waals surface area (Å²) in [6.45, 7) is 2.93. The lowest BCUT2D eigenvalue weighted by Crippen LogP contribution is -2.26. The Morgan fingerprint density at radius 2 is 1.79 bits per heavy atom. The largest absolute Gasteiger partial charge is 0.496 e. The van der Waals surface area contributed by atoms with Crippen molar-refractivity contribution in [3.63, 3.8) is 0 Å². The standard InChI is InChI=1S/C28H30FNO4/c1-20-26(28(31)34-22-12-7-4-8-13-22)25(33-19-21-10-5-3-6-11-21)18-23(27(20)32-2)24-14-9-16-30(24)17-15-29/h3-8,10-13,18,24H,9,14-17,19H2,1-2H3/t24-/m0/s1. The predicted octanol–water partition coefficient (Wildman–Crippen LogP) is 5.91. The number of nitrogens with zero attached hydrogens (tertiary/aromatic N) is 1. The molecule has 1 heterocycles. The van der Waals surface area contributed by atoms with E-state index in [0.717, 1.165) is 30.5 Å². The third kappa shape index (κ3) is 5.23. The van der Waals surface area contributed by atoms with Gasteiger partial charge in [-0.05, 0) is 50.1 Å². The number of likely N-dealkylation sites (tertiary alicyclic amines) is 1. The maximum Gasteiger partial charge on any atom is 0.347 e. The van der Waals surface area contributed by atoms with Crippen molar-refractivity contribution in [2.75, 3.05) is 26.9 Å². The molecule has 1 saturated heterocycles. The Hall–Kier alpha value is -3.38. The molecule has 6 heteroatoms. The van der Waals surface area contributed by atoms with Crippen molar-refractivity contribution in [2.24, 2.45) is 0 Å². The normalized spacial score (nSPS) is 15.8. The topological polar surface area (TPSA) is 48.0 Å². The first-order valence-corrected chi connectivity index (χ1v) is 11.6. The van der Waals surface area contributed by atoms with E-state index in [1.54, 1.807) is 19.2 Å². The van der Waals surface area contributed by atoms with Gasteiger partial charge in [0.1, 0.15) is 36.1 Å². The van der Waals surface area contributed by atoms with Crippen LogP contribution < -0.4 is 14.2 Å². The zero-order valence-electron chi connectivity index (χ0n) is 19.6. The van der Waals surface area contributed by atoms with E-state index in [2.05, 4.69) is 4.90 Å². The number of esters is 1. The van der Waals surface area contributed by atoms with Crippen LogP contribution in [0.15, 0.2) is 66.7 Å². The monoisotopic (exact) mass is 463 g/mol. The average molecular weight is 464 g/mol. The summed E-state index contributed by atoms with van der Waals surface area (Å²) in [5.41, 5.74) is 2.87. The van der Waals surface area contributed by atoms with Crippen LogP contribution in [-0.4, -0.2) is 37.7 Å². The molecule has 1 aliphatic rings. The summed E-state index contributed by atoms with van der Waals surface area (Å²) in [6, 6.07) is 20.6. The van der Waals surface area contributed by atoms with E-state index in [1.807, 2.05) is 61.5 Å². The summed E-state index contributed by atoms with van der Waals surface area (Å²) in [5, 5.41) is 0. The van der Waals surface area contributed by atoms with E-state index in [9.17, 15) is 9.18 Å². The summed E-state index contributed by atoms with van der Waals surface area (Å²) >= 11 is 0. The van der Waals surface area contributed by atoms with E-state index < -0.39 is 12.6 Å². The number of rotatable bonds is 9. The van der Waals surface area contributed by atoms with Crippen LogP contribution in [0.4, 0.5) is 4.39 Å². The van der Waals surface area contributed by atoms with Crippen LogP contribution in [0.2, 0.25) is 0 Å². The van der Waals surface area contributed by atoms with Gasteiger partial charge in [0.25, 0.3) is 0 Å². The van der Waals surface area contributed by atoms with Gasteiger partial charge in [-0.15, -0.1) is 0 Å². The first kappa shape index (κ1) is 23.8.